The number of nitrogens with zero attached hydrogens (tertiary/aromatic N) is 3. The SMILES string of the molecule is CCCCOc1c(C(=O)c2ccc([N+](=O)[O-])c(C(C)=C(C)C)c2C)cnn1CC(C)C. The summed E-state index contributed by atoms with van der Waals surface area (Å²) in [6.07, 6.45) is 3.40. The minimum Gasteiger partial charge on any atom is -0.477 e. The van der Waals surface area contributed by atoms with Crippen molar-refractivity contribution in [2.75, 3.05) is 6.61 Å². The molecule has 0 saturated carbocycles. The predicted molar refractivity (Wildman–Crippen MR) is 123 cm³/mol. The number of nitro benzene ring substituents is 1. The van der Waals surface area contributed by atoms with E-state index in [4.69, 9.17) is 4.74 Å². The lowest BCUT2D eigenvalue weighted by Gasteiger charge is -2.15. The average Bonchev–Trinajstić information content (AvgIpc) is 3.08. The molecule has 1 heterocycles. The van der Waals surface area contributed by atoms with Crippen molar-refractivity contribution in [3.63, 3.8) is 0 Å². The molecule has 0 atom stereocenters. The van der Waals surface area contributed by atoms with Crippen LogP contribution in [-0.2, 0) is 6.54 Å². The van der Waals surface area contributed by atoms with Gasteiger partial charge < -0.3 is 4.74 Å². The van der Waals surface area contributed by atoms with Crippen molar-refractivity contribution in [2.45, 2.75) is 67.9 Å². The lowest BCUT2D eigenvalue weighted by atomic mass is 9.90. The molecule has 168 valence electrons. The molecule has 0 spiro atoms. The third-order valence-corrected chi connectivity index (χ3v) is 5.32. The van der Waals surface area contributed by atoms with E-state index in [0.717, 1.165) is 24.0 Å². The van der Waals surface area contributed by atoms with Crippen LogP contribution in [0.2, 0.25) is 0 Å². The number of unbranched alkanes of at least 4 members (excludes halogenated alkanes) is 1. The number of rotatable bonds is 10. The van der Waals surface area contributed by atoms with E-state index in [2.05, 4.69) is 25.9 Å². The van der Waals surface area contributed by atoms with Gasteiger partial charge in [-0.1, -0.05) is 32.8 Å². The molecule has 1 aromatic carbocycles. The summed E-state index contributed by atoms with van der Waals surface area (Å²) >= 11 is 0. The summed E-state index contributed by atoms with van der Waals surface area (Å²) in [5.74, 6) is 0.562. The number of aromatic nitrogens is 2. The van der Waals surface area contributed by atoms with Gasteiger partial charge in [-0.2, -0.15) is 5.10 Å². The number of ether oxygens (including phenoxy) is 1. The Morgan fingerprint density at radius 2 is 1.90 bits per heavy atom. The highest BCUT2D eigenvalue weighted by Gasteiger charge is 2.27. The van der Waals surface area contributed by atoms with Crippen LogP contribution >= 0.6 is 0 Å². The standard InChI is InChI=1S/C24H33N3O4/c1-8-9-12-31-24-20(13-25-26(24)14-15(2)3)23(28)19-10-11-21(27(29)30)22(18(19)7)17(6)16(4)5/h10-11,13,15H,8-9,12,14H2,1-7H3. The number of nitro groups is 1. The van der Waals surface area contributed by atoms with Crippen LogP contribution in [0, 0.1) is 23.0 Å². The first-order valence-corrected chi connectivity index (χ1v) is 10.8. The fraction of sp³-hybridized carbons (Fsp3) is 0.500. The van der Waals surface area contributed by atoms with Crippen LogP contribution < -0.4 is 4.74 Å². The van der Waals surface area contributed by atoms with Gasteiger partial charge in [0.2, 0.25) is 5.88 Å². The van der Waals surface area contributed by atoms with Crippen LogP contribution in [0.1, 0.15) is 81.4 Å². The first kappa shape index (κ1) is 24.3. The highest BCUT2D eigenvalue weighted by Crippen LogP contribution is 2.34. The fourth-order valence-corrected chi connectivity index (χ4v) is 3.44. The first-order chi connectivity index (χ1) is 14.6. The molecule has 2 rings (SSSR count). The summed E-state index contributed by atoms with van der Waals surface area (Å²) in [5, 5.41) is 16.0. The van der Waals surface area contributed by atoms with E-state index in [-0.39, 0.29) is 11.5 Å². The number of hydrogen-bond donors (Lipinski definition) is 0. The van der Waals surface area contributed by atoms with E-state index < -0.39 is 4.92 Å². The Balaban J connectivity index is 2.61. The Kier molecular flexibility index (Phi) is 8.14. The second-order valence-electron chi connectivity index (χ2n) is 8.48. The summed E-state index contributed by atoms with van der Waals surface area (Å²) in [5.41, 5.74) is 3.66. The van der Waals surface area contributed by atoms with Crippen molar-refractivity contribution in [2.24, 2.45) is 5.92 Å². The highest BCUT2D eigenvalue weighted by atomic mass is 16.6. The molecule has 0 amide bonds. The molecule has 7 heteroatoms. The zero-order valence-electron chi connectivity index (χ0n) is 19.6. The predicted octanol–water partition coefficient (Wildman–Crippen LogP) is 5.98. The highest BCUT2D eigenvalue weighted by molar-refractivity contribution is 6.12. The smallest absolute Gasteiger partial charge is 0.277 e. The third-order valence-electron chi connectivity index (χ3n) is 5.32. The van der Waals surface area contributed by atoms with E-state index >= 15 is 0 Å². The minimum absolute atomic E-state index is 0.00247. The Morgan fingerprint density at radius 1 is 1.23 bits per heavy atom. The van der Waals surface area contributed by atoms with Gasteiger partial charge in [0, 0.05) is 18.2 Å². The summed E-state index contributed by atoms with van der Waals surface area (Å²) in [4.78, 5) is 24.8. The van der Waals surface area contributed by atoms with Gasteiger partial charge in [0.1, 0.15) is 5.56 Å². The normalized spacial score (nSPS) is 11.0. The molecule has 2 aromatic rings. The molecule has 0 bridgehead atoms. The van der Waals surface area contributed by atoms with E-state index in [1.54, 1.807) is 17.8 Å². The molecule has 0 N–H and O–H groups in total. The summed E-state index contributed by atoms with van der Waals surface area (Å²) in [7, 11) is 0. The van der Waals surface area contributed by atoms with Gasteiger partial charge in [0.25, 0.3) is 5.69 Å². The number of carbonyl (C=O) groups is 1. The molecule has 0 aliphatic rings. The van der Waals surface area contributed by atoms with Crippen LogP contribution in [0.4, 0.5) is 5.69 Å². The molecular weight excluding hydrogens is 394 g/mol. The molecule has 0 saturated heterocycles. The molecule has 31 heavy (non-hydrogen) atoms. The molecule has 0 unspecified atom stereocenters. The minimum atomic E-state index is -0.400. The Bertz CT molecular complexity index is 998. The van der Waals surface area contributed by atoms with Gasteiger partial charge in [-0.15, -0.1) is 0 Å². The van der Waals surface area contributed by atoms with Crippen molar-refractivity contribution in [3.8, 4) is 5.88 Å². The first-order valence-electron chi connectivity index (χ1n) is 10.8. The summed E-state index contributed by atoms with van der Waals surface area (Å²) in [6.45, 7) is 14.8. The van der Waals surface area contributed by atoms with Crippen LogP contribution in [0.5, 0.6) is 5.88 Å². The maximum absolute atomic E-state index is 13.5. The van der Waals surface area contributed by atoms with Gasteiger partial charge in [0.05, 0.1) is 23.3 Å². The number of ketones is 1. The molecule has 0 radical (unpaired) electrons. The monoisotopic (exact) mass is 427 g/mol. The van der Waals surface area contributed by atoms with Crippen LogP contribution in [-0.4, -0.2) is 27.1 Å². The Morgan fingerprint density at radius 3 is 2.45 bits per heavy atom. The van der Waals surface area contributed by atoms with Crippen molar-refractivity contribution in [3.05, 3.63) is 56.3 Å². The van der Waals surface area contributed by atoms with E-state index in [1.807, 2.05) is 20.8 Å². The molecule has 0 aliphatic carbocycles. The zero-order valence-corrected chi connectivity index (χ0v) is 19.6. The van der Waals surface area contributed by atoms with E-state index in [9.17, 15) is 14.9 Å². The fourth-order valence-electron chi connectivity index (χ4n) is 3.44. The second-order valence-corrected chi connectivity index (χ2v) is 8.48. The van der Waals surface area contributed by atoms with Gasteiger partial charge in [-0.3, -0.25) is 14.9 Å². The van der Waals surface area contributed by atoms with Crippen molar-refractivity contribution >= 4 is 17.0 Å². The van der Waals surface area contributed by atoms with Crippen molar-refractivity contribution in [1.29, 1.82) is 0 Å². The zero-order chi connectivity index (χ0) is 23.3. The molecule has 0 fully saturated rings. The number of hydrogen-bond acceptors (Lipinski definition) is 5. The lowest BCUT2D eigenvalue weighted by Crippen LogP contribution is -2.13. The summed E-state index contributed by atoms with van der Waals surface area (Å²) < 4.78 is 7.70. The van der Waals surface area contributed by atoms with Crippen molar-refractivity contribution < 1.29 is 14.5 Å². The molecule has 7 nitrogen and oxygen atoms in total. The van der Waals surface area contributed by atoms with Crippen molar-refractivity contribution in [1.82, 2.24) is 9.78 Å². The van der Waals surface area contributed by atoms with Gasteiger partial charge in [0.15, 0.2) is 5.78 Å². The summed E-state index contributed by atoms with van der Waals surface area (Å²) in [6, 6.07) is 2.95. The van der Waals surface area contributed by atoms with E-state index in [1.165, 1.54) is 12.1 Å². The maximum atomic E-state index is 13.5. The van der Waals surface area contributed by atoms with Gasteiger partial charge in [-0.25, -0.2) is 4.68 Å². The van der Waals surface area contributed by atoms with Gasteiger partial charge in [-0.05, 0) is 57.2 Å². The lowest BCUT2D eigenvalue weighted by molar-refractivity contribution is -0.385. The largest absolute Gasteiger partial charge is 0.477 e. The quantitative estimate of drug-likeness (QED) is 0.201. The molecule has 0 aliphatic heterocycles. The Hall–Kier alpha value is -2.96. The number of allylic oxidation sites excluding steroid dienone is 2. The van der Waals surface area contributed by atoms with Crippen LogP contribution in [0.25, 0.3) is 5.57 Å². The van der Waals surface area contributed by atoms with E-state index in [0.29, 0.717) is 47.2 Å². The molecular formula is C24H33N3O4. The third kappa shape index (κ3) is 5.40. The second kappa shape index (κ2) is 10.4. The number of carbonyl (C=O) groups excluding carboxylic acids is 1. The van der Waals surface area contributed by atoms with Crippen LogP contribution in [0.3, 0.4) is 0 Å². The molecule has 1 aromatic heterocycles. The van der Waals surface area contributed by atoms with Crippen LogP contribution in [0.15, 0.2) is 23.9 Å². The number of benzene rings is 1. The topological polar surface area (TPSA) is 87.3 Å². The Labute approximate surface area is 184 Å². The van der Waals surface area contributed by atoms with Gasteiger partial charge >= 0.3 is 0 Å². The maximum Gasteiger partial charge on any atom is 0.277 e. The average molecular weight is 428 g/mol.